The third-order valence-corrected chi connectivity index (χ3v) is 4.26. The first-order valence-electron chi connectivity index (χ1n) is 4.48. The van der Waals surface area contributed by atoms with Crippen LogP contribution in [0, 0.1) is 0 Å². The summed E-state index contributed by atoms with van der Waals surface area (Å²) >= 11 is 10.7. The van der Waals surface area contributed by atoms with Crippen molar-refractivity contribution in [3.8, 4) is 0 Å². The highest BCUT2D eigenvalue weighted by atomic mass is 79.9. The minimum absolute atomic E-state index is 0.509. The van der Waals surface area contributed by atoms with Crippen LogP contribution in [0.1, 0.15) is 0 Å². The molecule has 0 spiro atoms. The van der Waals surface area contributed by atoms with Crippen molar-refractivity contribution in [2.45, 2.75) is 10.1 Å². The minimum atomic E-state index is 0.509. The number of anilines is 1. The van der Waals surface area contributed by atoms with Gasteiger partial charge in [-0.25, -0.2) is 20.8 Å². The van der Waals surface area contributed by atoms with E-state index >= 15 is 0 Å². The van der Waals surface area contributed by atoms with Crippen LogP contribution in [0.3, 0.4) is 0 Å². The Labute approximate surface area is 115 Å². The number of rotatable bonds is 3. The van der Waals surface area contributed by atoms with Gasteiger partial charge in [-0.1, -0.05) is 11.6 Å². The zero-order valence-electron chi connectivity index (χ0n) is 8.39. The van der Waals surface area contributed by atoms with Crippen molar-refractivity contribution in [1.29, 1.82) is 0 Å². The molecule has 88 valence electrons. The van der Waals surface area contributed by atoms with E-state index in [0.717, 1.165) is 0 Å². The molecule has 2 heterocycles. The molecule has 0 amide bonds. The fourth-order valence-corrected chi connectivity index (χ4v) is 2.61. The molecule has 3 N–H and O–H groups in total. The monoisotopic (exact) mass is 331 g/mol. The van der Waals surface area contributed by atoms with E-state index in [9.17, 15) is 0 Å². The lowest BCUT2D eigenvalue weighted by atomic mass is 10.5. The average molecular weight is 333 g/mol. The normalized spacial score (nSPS) is 10.3. The summed E-state index contributed by atoms with van der Waals surface area (Å²) < 4.78 is 0.675. The van der Waals surface area contributed by atoms with Crippen LogP contribution >= 0.6 is 39.3 Å². The molecular formula is C9H7BrClN5S. The zero-order chi connectivity index (χ0) is 12.3. The topological polar surface area (TPSA) is 76.7 Å². The highest BCUT2D eigenvalue weighted by Crippen LogP contribution is 2.36. The van der Waals surface area contributed by atoms with Crippen LogP contribution in [0.5, 0.6) is 0 Å². The second-order valence-electron chi connectivity index (χ2n) is 2.88. The summed E-state index contributed by atoms with van der Waals surface area (Å²) in [5.74, 6) is 5.83. The number of halogens is 2. The summed E-state index contributed by atoms with van der Waals surface area (Å²) in [4.78, 5) is 12.3. The van der Waals surface area contributed by atoms with Gasteiger partial charge >= 0.3 is 0 Å². The van der Waals surface area contributed by atoms with E-state index in [4.69, 9.17) is 17.4 Å². The Morgan fingerprint density at radius 2 is 2.12 bits per heavy atom. The van der Waals surface area contributed by atoms with E-state index in [2.05, 4.69) is 36.3 Å². The second kappa shape index (κ2) is 5.63. The number of aromatic nitrogens is 3. The van der Waals surface area contributed by atoms with Crippen molar-refractivity contribution < 1.29 is 0 Å². The van der Waals surface area contributed by atoms with Gasteiger partial charge in [0.1, 0.15) is 16.4 Å². The maximum absolute atomic E-state index is 6.02. The van der Waals surface area contributed by atoms with Gasteiger partial charge in [0.2, 0.25) is 0 Å². The molecule has 17 heavy (non-hydrogen) atoms. The van der Waals surface area contributed by atoms with Gasteiger partial charge in [-0.2, -0.15) is 0 Å². The van der Waals surface area contributed by atoms with Gasteiger partial charge in [0.15, 0.2) is 5.82 Å². The summed E-state index contributed by atoms with van der Waals surface area (Å²) in [6.07, 6.45) is 3.09. The number of nitrogen functional groups attached to an aromatic ring is 1. The SMILES string of the molecule is NNc1ncnc(Sc2ncccc2Cl)c1Br. The number of nitrogens with two attached hydrogens (primary N) is 1. The lowest BCUT2D eigenvalue weighted by Gasteiger charge is -2.06. The summed E-state index contributed by atoms with van der Waals surface area (Å²) in [5.41, 5.74) is 2.47. The lowest BCUT2D eigenvalue weighted by Crippen LogP contribution is -2.09. The Morgan fingerprint density at radius 3 is 2.82 bits per heavy atom. The molecule has 0 aliphatic rings. The second-order valence-corrected chi connectivity index (χ2v) is 5.06. The highest BCUT2D eigenvalue weighted by Gasteiger charge is 2.11. The average Bonchev–Trinajstić information content (AvgIpc) is 2.34. The number of hydrogen-bond acceptors (Lipinski definition) is 6. The quantitative estimate of drug-likeness (QED) is 0.511. The molecule has 0 saturated carbocycles. The summed E-state index contributed by atoms with van der Waals surface area (Å²) in [6.45, 7) is 0. The van der Waals surface area contributed by atoms with E-state index in [1.54, 1.807) is 18.3 Å². The fourth-order valence-electron chi connectivity index (χ4n) is 1.06. The molecule has 0 unspecified atom stereocenters. The van der Waals surface area contributed by atoms with Crippen LogP contribution in [0.15, 0.2) is 39.2 Å². The number of nitrogens with one attached hydrogen (secondary N) is 1. The summed E-state index contributed by atoms with van der Waals surface area (Å²) in [6, 6.07) is 3.54. The van der Waals surface area contributed by atoms with Gasteiger partial charge in [-0.15, -0.1) is 0 Å². The van der Waals surface area contributed by atoms with Crippen molar-refractivity contribution in [3.05, 3.63) is 34.2 Å². The van der Waals surface area contributed by atoms with Crippen LogP contribution in [0.2, 0.25) is 5.02 Å². The smallest absolute Gasteiger partial charge is 0.158 e. The predicted octanol–water partition coefficient (Wildman–Crippen LogP) is 2.72. The Balaban J connectivity index is 2.34. The molecule has 8 heteroatoms. The van der Waals surface area contributed by atoms with Gasteiger partial charge in [0.25, 0.3) is 0 Å². The Hall–Kier alpha value is -0.890. The molecule has 0 fully saturated rings. The van der Waals surface area contributed by atoms with Crippen LogP contribution in [-0.4, -0.2) is 15.0 Å². The highest BCUT2D eigenvalue weighted by molar-refractivity contribution is 9.10. The van der Waals surface area contributed by atoms with Crippen LogP contribution < -0.4 is 11.3 Å². The van der Waals surface area contributed by atoms with Crippen LogP contribution in [0.25, 0.3) is 0 Å². The fraction of sp³-hybridized carbons (Fsp3) is 0. The first-order chi connectivity index (χ1) is 8.22. The third-order valence-electron chi connectivity index (χ3n) is 1.81. The van der Waals surface area contributed by atoms with Gasteiger partial charge in [0, 0.05) is 6.20 Å². The van der Waals surface area contributed by atoms with Crippen LogP contribution in [0.4, 0.5) is 5.82 Å². The molecule has 0 atom stereocenters. The maximum atomic E-state index is 6.02. The van der Waals surface area contributed by atoms with Crippen molar-refractivity contribution in [2.24, 2.45) is 5.84 Å². The lowest BCUT2D eigenvalue weighted by molar-refractivity contribution is 1.01. The van der Waals surface area contributed by atoms with Gasteiger partial charge in [0.05, 0.1) is 9.50 Å². The maximum Gasteiger partial charge on any atom is 0.158 e. The summed E-state index contributed by atoms with van der Waals surface area (Å²) in [7, 11) is 0. The summed E-state index contributed by atoms with van der Waals surface area (Å²) in [5, 5.41) is 1.94. The van der Waals surface area contributed by atoms with Gasteiger partial charge in [-0.3, -0.25) is 0 Å². The molecule has 5 nitrogen and oxygen atoms in total. The van der Waals surface area contributed by atoms with Crippen molar-refractivity contribution in [2.75, 3.05) is 5.43 Å². The Bertz CT molecular complexity index is 539. The number of hydrazine groups is 1. The van der Waals surface area contributed by atoms with E-state index in [1.165, 1.54) is 18.1 Å². The number of nitrogens with zero attached hydrogens (tertiary/aromatic N) is 3. The number of pyridine rings is 1. The van der Waals surface area contributed by atoms with Crippen molar-refractivity contribution >= 4 is 45.1 Å². The minimum Gasteiger partial charge on any atom is -0.307 e. The molecule has 0 aliphatic carbocycles. The Kier molecular flexibility index (Phi) is 4.16. The van der Waals surface area contributed by atoms with E-state index in [-0.39, 0.29) is 0 Å². The molecule has 0 saturated heterocycles. The van der Waals surface area contributed by atoms with Crippen molar-refractivity contribution in [3.63, 3.8) is 0 Å². The Morgan fingerprint density at radius 1 is 1.29 bits per heavy atom. The van der Waals surface area contributed by atoms with Crippen molar-refractivity contribution in [1.82, 2.24) is 15.0 Å². The van der Waals surface area contributed by atoms with Gasteiger partial charge < -0.3 is 5.43 Å². The van der Waals surface area contributed by atoms with E-state index in [1.807, 2.05) is 0 Å². The molecule has 0 bridgehead atoms. The largest absolute Gasteiger partial charge is 0.307 e. The molecule has 2 aromatic heterocycles. The van der Waals surface area contributed by atoms with Crippen LogP contribution in [-0.2, 0) is 0 Å². The molecule has 2 rings (SSSR count). The predicted molar refractivity (Wildman–Crippen MR) is 70.9 cm³/mol. The number of hydrogen-bond donors (Lipinski definition) is 2. The third kappa shape index (κ3) is 2.86. The molecule has 0 aliphatic heterocycles. The molecule has 0 aromatic carbocycles. The first kappa shape index (κ1) is 12.6. The standard InChI is InChI=1S/C9H7BrClN5S/c10-6-7(16-12)14-4-15-9(6)17-8-5(11)2-1-3-13-8/h1-4H,12H2,(H,14,15,16). The van der Waals surface area contributed by atoms with Gasteiger partial charge in [-0.05, 0) is 39.8 Å². The van der Waals surface area contributed by atoms with E-state index in [0.29, 0.717) is 25.4 Å². The molecular weight excluding hydrogens is 326 g/mol. The zero-order valence-corrected chi connectivity index (χ0v) is 11.6. The first-order valence-corrected chi connectivity index (χ1v) is 6.46. The molecule has 2 aromatic rings. The molecule has 0 radical (unpaired) electrons. The van der Waals surface area contributed by atoms with E-state index < -0.39 is 0 Å².